The average Bonchev–Trinajstić information content (AvgIpc) is 2.87. The van der Waals surface area contributed by atoms with Crippen molar-refractivity contribution in [2.45, 2.75) is 37.6 Å². The highest BCUT2D eigenvalue weighted by Gasteiger charge is 2.37. The van der Waals surface area contributed by atoms with E-state index in [1.165, 1.54) is 17.1 Å². The van der Waals surface area contributed by atoms with Crippen molar-refractivity contribution in [1.82, 2.24) is 19.2 Å². The van der Waals surface area contributed by atoms with E-state index in [0.717, 1.165) is 25.8 Å². The summed E-state index contributed by atoms with van der Waals surface area (Å²) in [5.41, 5.74) is -0.0150. The van der Waals surface area contributed by atoms with Crippen molar-refractivity contribution in [3.05, 3.63) is 0 Å². The normalized spacial score (nSPS) is 19.1. The van der Waals surface area contributed by atoms with Gasteiger partial charge in [0, 0.05) is 25.7 Å². The topological polar surface area (TPSA) is 64.7 Å². The van der Waals surface area contributed by atoms with Crippen LogP contribution in [0.1, 0.15) is 32.1 Å². The molecule has 0 amide bonds. The number of hydrogen-bond donors (Lipinski definition) is 2. The van der Waals surface area contributed by atoms with Crippen LogP contribution < -0.4 is 10.0 Å². The Balaban J connectivity index is 2.53. The van der Waals surface area contributed by atoms with Crippen molar-refractivity contribution < 1.29 is 8.42 Å². The van der Waals surface area contributed by atoms with E-state index in [1.807, 2.05) is 21.1 Å². The molecule has 0 radical (unpaired) electrons. The summed E-state index contributed by atoms with van der Waals surface area (Å²) in [6.07, 6.45) is 5.29. The van der Waals surface area contributed by atoms with Gasteiger partial charge >= 0.3 is 0 Å². The van der Waals surface area contributed by atoms with E-state index >= 15 is 0 Å². The molecule has 0 atom stereocenters. The summed E-state index contributed by atoms with van der Waals surface area (Å²) < 4.78 is 28.6. The Bertz CT molecular complexity index is 378. The fourth-order valence-corrected chi connectivity index (χ4v) is 3.79. The molecule has 20 heavy (non-hydrogen) atoms. The van der Waals surface area contributed by atoms with Crippen LogP contribution >= 0.6 is 0 Å². The monoisotopic (exact) mass is 306 g/mol. The summed E-state index contributed by atoms with van der Waals surface area (Å²) in [5, 5.41) is 3.02. The SMILES string of the molecule is CNCCCN(C)S(=O)(=O)NCC1(N(C)C)CCCC1. The van der Waals surface area contributed by atoms with Gasteiger partial charge in [0.05, 0.1) is 0 Å². The minimum atomic E-state index is -3.37. The van der Waals surface area contributed by atoms with Crippen LogP contribution in [-0.2, 0) is 10.2 Å². The number of likely N-dealkylation sites (N-methyl/N-ethyl adjacent to an activating group) is 1. The van der Waals surface area contributed by atoms with Gasteiger partial charge in [-0.25, -0.2) is 4.72 Å². The third-order valence-corrected chi connectivity index (χ3v) is 5.89. The summed E-state index contributed by atoms with van der Waals surface area (Å²) in [6.45, 7) is 1.85. The molecule has 0 spiro atoms. The van der Waals surface area contributed by atoms with Crippen molar-refractivity contribution >= 4 is 10.2 Å². The van der Waals surface area contributed by atoms with Gasteiger partial charge in [-0.15, -0.1) is 0 Å². The highest BCUT2D eigenvalue weighted by molar-refractivity contribution is 7.87. The van der Waals surface area contributed by atoms with Crippen LogP contribution in [0, 0.1) is 0 Å². The lowest BCUT2D eigenvalue weighted by Gasteiger charge is -2.36. The lowest BCUT2D eigenvalue weighted by atomic mass is 9.97. The zero-order chi connectivity index (χ0) is 15.2. The molecule has 1 rings (SSSR count). The predicted octanol–water partition coefficient (Wildman–Crippen LogP) is 0.237. The molecule has 0 aromatic rings. The molecular weight excluding hydrogens is 276 g/mol. The molecular formula is C13H30N4O2S. The Labute approximate surface area is 124 Å². The second kappa shape index (κ2) is 7.70. The average molecular weight is 306 g/mol. The molecule has 0 saturated heterocycles. The van der Waals surface area contributed by atoms with Gasteiger partial charge in [-0.2, -0.15) is 12.7 Å². The lowest BCUT2D eigenvalue weighted by molar-refractivity contribution is 0.161. The molecule has 0 bridgehead atoms. The van der Waals surface area contributed by atoms with E-state index in [0.29, 0.717) is 13.1 Å². The fraction of sp³-hybridized carbons (Fsp3) is 1.00. The molecule has 7 heteroatoms. The zero-order valence-corrected chi connectivity index (χ0v) is 14.1. The molecule has 0 aromatic carbocycles. The molecule has 0 aromatic heterocycles. The lowest BCUT2D eigenvalue weighted by Crippen LogP contribution is -2.53. The summed E-state index contributed by atoms with van der Waals surface area (Å²) in [5.74, 6) is 0. The van der Waals surface area contributed by atoms with E-state index in [9.17, 15) is 8.42 Å². The van der Waals surface area contributed by atoms with Crippen LogP contribution in [0.4, 0.5) is 0 Å². The zero-order valence-electron chi connectivity index (χ0n) is 13.3. The standard InChI is InChI=1S/C13H30N4O2S/c1-14-10-7-11-17(4)20(18,19)15-12-13(16(2)3)8-5-6-9-13/h14-15H,5-12H2,1-4H3. The van der Waals surface area contributed by atoms with Crippen molar-refractivity contribution in [2.75, 3.05) is 47.8 Å². The first-order chi connectivity index (χ1) is 9.34. The Kier molecular flexibility index (Phi) is 6.87. The van der Waals surface area contributed by atoms with E-state index in [1.54, 1.807) is 7.05 Å². The van der Waals surface area contributed by atoms with Gasteiger partial charge in [0.15, 0.2) is 0 Å². The van der Waals surface area contributed by atoms with Crippen LogP contribution in [0.25, 0.3) is 0 Å². The molecule has 1 fully saturated rings. The van der Waals surface area contributed by atoms with E-state index < -0.39 is 10.2 Å². The van der Waals surface area contributed by atoms with Crippen LogP contribution in [0.5, 0.6) is 0 Å². The second-order valence-electron chi connectivity index (χ2n) is 5.93. The minimum absolute atomic E-state index is 0.0150. The van der Waals surface area contributed by atoms with E-state index in [2.05, 4.69) is 14.9 Å². The van der Waals surface area contributed by atoms with Crippen LogP contribution in [0.3, 0.4) is 0 Å². The van der Waals surface area contributed by atoms with Gasteiger partial charge in [-0.05, 0) is 47.0 Å². The molecule has 0 unspecified atom stereocenters. The summed E-state index contributed by atoms with van der Waals surface area (Å²) in [6, 6.07) is 0. The highest BCUT2D eigenvalue weighted by Crippen LogP contribution is 2.33. The van der Waals surface area contributed by atoms with Crippen LogP contribution in [-0.4, -0.2) is 71.0 Å². The molecule has 0 aliphatic heterocycles. The third kappa shape index (κ3) is 4.66. The number of rotatable bonds is 9. The largest absolute Gasteiger partial charge is 0.320 e. The number of nitrogens with zero attached hydrogens (tertiary/aromatic N) is 2. The third-order valence-electron chi connectivity index (χ3n) is 4.38. The van der Waals surface area contributed by atoms with E-state index in [-0.39, 0.29) is 5.54 Å². The number of hydrogen-bond acceptors (Lipinski definition) is 4. The predicted molar refractivity (Wildman–Crippen MR) is 83.0 cm³/mol. The number of nitrogens with one attached hydrogen (secondary N) is 2. The van der Waals surface area contributed by atoms with Gasteiger partial charge in [0.25, 0.3) is 10.2 Å². The fourth-order valence-electron chi connectivity index (χ4n) is 2.75. The highest BCUT2D eigenvalue weighted by atomic mass is 32.2. The Morgan fingerprint density at radius 2 is 1.75 bits per heavy atom. The first-order valence-corrected chi connectivity index (χ1v) is 8.81. The maximum atomic E-state index is 12.2. The maximum Gasteiger partial charge on any atom is 0.279 e. The maximum absolute atomic E-state index is 12.2. The Hall–Kier alpha value is -0.210. The molecule has 2 N–H and O–H groups in total. The summed E-state index contributed by atoms with van der Waals surface area (Å²) in [7, 11) is 4.21. The molecule has 120 valence electrons. The quantitative estimate of drug-likeness (QED) is 0.599. The summed E-state index contributed by atoms with van der Waals surface area (Å²) in [4.78, 5) is 2.17. The van der Waals surface area contributed by atoms with Crippen LogP contribution in [0.15, 0.2) is 0 Å². The van der Waals surface area contributed by atoms with Crippen molar-refractivity contribution in [3.63, 3.8) is 0 Å². The van der Waals surface area contributed by atoms with Crippen molar-refractivity contribution in [2.24, 2.45) is 0 Å². The van der Waals surface area contributed by atoms with Crippen LogP contribution in [0.2, 0.25) is 0 Å². The van der Waals surface area contributed by atoms with E-state index in [4.69, 9.17) is 0 Å². The smallest absolute Gasteiger partial charge is 0.279 e. The van der Waals surface area contributed by atoms with Gasteiger partial charge in [0.1, 0.15) is 0 Å². The first kappa shape index (κ1) is 17.8. The second-order valence-corrected chi connectivity index (χ2v) is 7.79. The molecule has 0 heterocycles. The van der Waals surface area contributed by atoms with Gasteiger partial charge in [-0.3, -0.25) is 0 Å². The Morgan fingerprint density at radius 3 is 2.25 bits per heavy atom. The molecule has 6 nitrogen and oxygen atoms in total. The summed E-state index contributed by atoms with van der Waals surface area (Å²) >= 11 is 0. The molecule has 1 aliphatic carbocycles. The molecule has 1 saturated carbocycles. The van der Waals surface area contributed by atoms with Crippen molar-refractivity contribution in [3.8, 4) is 0 Å². The van der Waals surface area contributed by atoms with Gasteiger partial charge < -0.3 is 10.2 Å². The molecule has 1 aliphatic rings. The Morgan fingerprint density at radius 1 is 1.15 bits per heavy atom. The van der Waals surface area contributed by atoms with Gasteiger partial charge in [0.2, 0.25) is 0 Å². The van der Waals surface area contributed by atoms with Crippen molar-refractivity contribution in [1.29, 1.82) is 0 Å². The minimum Gasteiger partial charge on any atom is -0.320 e. The first-order valence-electron chi connectivity index (χ1n) is 7.37. The van der Waals surface area contributed by atoms with Gasteiger partial charge in [-0.1, -0.05) is 12.8 Å².